The number of aliphatic carboxylic acids is 1. The lowest BCUT2D eigenvalue weighted by atomic mass is 10.0. The first-order valence-electron chi connectivity index (χ1n) is 4.31. The molecule has 7 heteroatoms. The van der Waals surface area contributed by atoms with Gasteiger partial charge in [-0.15, -0.1) is 0 Å². The van der Waals surface area contributed by atoms with Crippen molar-refractivity contribution in [2.45, 2.75) is 19.8 Å². The Balaban J connectivity index is 4.02. The molecule has 1 unspecified atom stereocenters. The third kappa shape index (κ3) is 5.90. The van der Waals surface area contributed by atoms with Crippen LogP contribution in [0.25, 0.3) is 0 Å². The summed E-state index contributed by atoms with van der Waals surface area (Å²) in [5, 5.41) is 8.51. The van der Waals surface area contributed by atoms with E-state index >= 15 is 0 Å². The molecule has 6 nitrogen and oxygen atoms in total. The Labute approximate surface area is 83.9 Å². The van der Waals surface area contributed by atoms with E-state index in [2.05, 4.69) is 9.44 Å². The summed E-state index contributed by atoms with van der Waals surface area (Å²) in [7, 11) is -2.16. The maximum absolute atomic E-state index is 10.9. The molecule has 0 heterocycles. The van der Waals surface area contributed by atoms with Crippen molar-refractivity contribution in [3.63, 3.8) is 0 Å². The number of carboxylic acid groups (broad SMARTS) is 1. The van der Waals surface area contributed by atoms with Gasteiger partial charge in [0.25, 0.3) is 10.2 Å². The van der Waals surface area contributed by atoms with Gasteiger partial charge >= 0.3 is 5.97 Å². The molecule has 14 heavy (non-hydrogen) atoms. The highest BCUT2D eigenvalue weighted by atomic mass is 32.2. The summed E-state index contributed by atoms with van der Waals surface area (Å²) in [6.45, 7) is 1.97. The van der Waals surface area contributed by atoms with E-state index in [0.29, 0.717) is 6.42 Å². The Morgan fingerprint density at radius 2 is 2.07 bits per heavy atom. The summed E-state index contributed by atoms with van der Waals surface area (Å²) in [6, 6.07) is 0. The minimum absolute atomic E-state index is 0.0251. The third-order valence-corrected chi connectivity index (χ3v) is 2.96. The van der Waals surface area contributed by atoms with Crippen molar-refractivity contribution in [1.29, 1.82) is 0 Å². The molecule has 0 rings (SSSR count). The highest BCUT2D eigenvalue weighted by Crippen LogP contribution is 2.06. The summed E-state index contributed by atoms with van der Waals surface area (Å²) < 4.78 is 26.2. The summed E-state index contributed by atoms with van der Waals surface area (Å²) >= 11 is 0. The van der Waals surface area contributed by atoms with Gasteiger partial charge < -0.3 is 5.11 Å². The first kappa shape index (κ1) is 13.3. The van der Waals surface area contributed by atoms with Crippen LogP contribution in [-0.4, -0.2) is 33.1 Å². The van der Waals surface area contributed by atoms with E-state index in [1.54, 1.807) is 0 Å². The quantitative estimate of drug-likeness (QED) is 0.545. The molecule has 0 aromatic heterocycles. The Morgan fingerprint density at radius 1 is 1.50 bits per heavy atom. The normalized spacial score (nSPS) is 13.9. The van der Waals surface area contributed by atoms with E-state index in [1.165, 1.54) is 7.05 Å². The molecule has 0 amide bonds. The molecule has 3 N–H and O–H groups in total. The molecule has 0 aliphatic heterocycles. The van der Waals surface area contributed by atoms with Crippen LogP contribution in [0.2, 0.25) is 0 Å². The standard InChI is InChI=1S/C7H16N2O4S/c1-3-6(4-7(10)11)5-9-14(12,13)8-2/h6,8-9H,3-5H2,1-2H3,(H,10,11). The Kier molecular flexibility index (Phi) is 5.66. The van der Waals surface area contributed by atoms with Crippen LogP contribution in [-0.2, 0) is 15.0 Å². The monoisotopic (exact) mass is 224 g/mol. The van der Waals surface area contributed by atoms with Gasteiger partial charge in [0, 0.05) is 20.0 Å². The second-order valence-corrected chi connectivity index (χ2v) is 4.63. The van der Waals surface area contributed by atoms with Gasteiger partial charge in [0.05, 0.1) is 0 Å². The Bertz CT molecular complexity index is 275. The molecule has 0 aliphatic carbocycles. The lowest BCUT2D eigenvalue weighted by molar-refractivity contribution is -0.138. The lowest BCUT2D eigenvalue weighted by Gasteiger charge is -2.12. The average Bonchev–Trinajstić information content (AvgIpc) is 2.12. The number of nitrogens with one attached hydrogen (secondary N) is 2. The van der Waals surface area contributed by atoms with Crippen LogP contribution in [0, 0.1) is 5.92 Å². The fraction of sp³-hybridized carbons (Fsp3) is 0.857. The van der Waals surface area contributed by atoms with Crippen molar-refractivity contribution < 1.29 is 18.3 Å². The van der Waals surface area contributed by atoms with Crippen molar-refractivity contribution in [3.8, 4) is 0 Å². The van der Waals surface area contributed by atoms with E-state index < -0.39 is 16.2 Å². The molecular weight excluding hydrogens is 208 g/mol. The van der Waals surface area contributed by atoms with E-state index in [4.69, 9.17) is 5.11 Å². The van der Waals surface area contributed by atoms with Crippen LogP contribution < -0.4 is 9.44 Å². The molecule has 0 bridgehead atoms. The van der Waals surface area contributed by atoms with Crippen molar-refractivity contribution in [3.05, 3.63) is 0 Å². The first-order chi connectivity index (χ1) is 6.41. The van der Waals surface area contributed by atoms with Crippen molar-refractivity contribution in [1.82, 2.24) is 9.44 Å². The van der Waals surface area contributed by atoms with Crippen LogP contribution in [0.1, 0.15) is 19.8 Å². The minimum Gasteiger partial charge on any atom is -0.481 e. The molecule has 84 valence electrons. The molecule has 0 saturated heterocycles. The fourth-order valence-corrected chi connectivity index (χ4v) is 1.51. The van der Waals surface area contributed by atoms with Crippen molar-refractivity contribution >= 4 is 16.2 Å². The van der Waals surface area contributed by atoms with Gasteiger partial charge in [0.2, 0.25) is 0 Å². The second kappa shape index (κ2) is 5.94. The predicted molar refractivity (Wildman–Crippen MR) is 52.0 cm³/mol. The summed E-state index contributed by atoms with van der Waals surface area (Å²) in [5.74, 6) is -1.09. The van der Waals surface area contributed by atoms with E-state index in [9.17, 15) is 13.2 Å². The minimum atomic E-state index is -3.45. The molecule has 0 aliphatic rings. The highest BCUT2D eigenvalue weighted by Gasteiger charge is 2.14. The van der Waals surface area contributed by atoms with Crippen LogP contribution in [0.4, 0.5) is 0 Å². The lowest BCUT2D eigenvalue weighted by Crippen LogP contribution is -2.37. The molecule has 0 spiro atoms. The number of carboxylic acids is 1. The van der Waals surface area contributed by atoms with Gasteiger partial charge in [0.1, 0.15) is 0 Å². The smallest absolute Gasteiger partial charge is 0.303 e. The zero-order valence-electron chi connectivity index (χ0n) is 8.28. The van der Waals surface area contributed by atoms with Crippen molar-refractivity contribution in [2.24, 2.45) is 5.92 Å². The molecular formula is C7H16N2O4S. The number of hydrogen-bond donors (Lipinski definition) is 3. The molecule has 0 fully saturated rings. The zero-order valence-corrected chi connectivity index (χ0v) is 9.10. The van der Waals surface area contributed by atoms with Crippen LogP contribution in [0.3, 0.4) is 0 Å². The Hall–Kier alpha value is -0.660. The summed E-state index contributed by atoms with van der Waals surface area (Å²) in [4.78, 5) is 10.4. The molecule has 1 atom stereocenters. The van der Waals surface area contributed by atoms with Gasteiger partial charge in [-0.2, -0.15) is 8.42 Å². The molecule has 0 aromatic rings. The van der Waals surface area contributed by atoms with Gasteiger partial charge in [0.15, 0.2) is 0 Å². The highest BCUT2D eigenvalue weighted by molar-refractivity contribution is 7.87. The molecule has 0 saturated carbocycles. The Morgan fingerprint density at radius 3 is 2.43 bits per heavy atom. The number of carbonyl (C=O) groups is 1. The maximum atomic E-state index is 10.9. The van der Waals surface area contributed by atoms with Gasteiger partial charge in [-0.25, -0.2) is 9.44 Å². The van der Waals surface area contributed by atoms with Gasteiger partial charge in [-0.05, 0) is 5.92 Å². The van der Waals surface area contributed by atoms with E-state index in [-0.39, 0.29) is 18.9 Å². The SMILES string of the molecule is CCC(CNS(=O)(=O)NC)CC(=O)O. The summed E-state index contributed by atoms with van der Waals surface area (Å²) in [6.07, 6.45) is 0.598. The van der Waals surface area contributed by atoms with Crippen LogP contribution in [0.15, 0.2) is 0 Å². The van der Waals surface area contributed by atoms with Crippen molar-refractivity contribution in [2.75, 3.05) is 13.6 Å². The molecule has 0 radical (unpaired) electrons. The van der Waals surface area contributed by atoms with Crippen LogP contribution in [0.5, 0.6) is 0 Å². The fourth-order valence-electron chi connectivity index (χ4n) is 0.908. The second-order valence-electron chi connectivity index (χ2n) is 2.93. The van der Waals surface area contributed by atoms with Crippen LogP contribution >= 0.6 is 0 Å². The molecule has 0 aromatic carbocycles. The largest absolute Gasteiger partial charge is 0.481 e. The zero-order chi connectivity index (χ0) is 11.2. The summed E-state index contributed by atoms with van der Waals surface area (Å²) in [5.41, 5.74) is 0. The maximum Gasteiger partial charge on any atom is 0.303 e. The van der Waals surface area contributed by atoms with E-state index in [1.807, 2.05) is 6.92 Å². The first-order valence-corrected chi connectivity index (χ1v) is 5.79. The predicted octanol–water partition coefficient (Wildman–Crippen LogP) is -0.459. The number of rotatable bonds is 7. The number of hydrogen-bond acceptors (Lipinski definition) is 3. The topological polar surface area (TPSA) is 95.5 Å². The average molecular weight is 224 g/mol. The third-order valence-electron chi connectivity index (χ3n) is 1.87. The van der Waals surface area contributed by atoms with Gasteiger partial charge in [-0.1, -0.05) is 13.3 Å². The van der Waals surface area contributed by atoms with E-state index in [0.717, 1.165) is 0 Å². The van der Waals surface area contributed by atoms with Gasteiger partial charge in [-0.3, -0.25) is 4.79 Å².